The van der Waals surface area contributed by atoms with E-state index in [4.69, 9.17) is 5.73 Å². The van der Waals surface area contributed by atoms with Crippen LogP contribution in [0.15, 0.2) is 48.5 Å². The van der Waals surface area contributed by atoms with Gasteiger partial charge in [0.25, 0.3) is 0 Å². The Labute approximate surface area is 222 Å². The molecule has 3 amide bonds. The molecule has 2 aliphatic heterocycles. The van der Waals surface area contributed by atoms with Crippen LogP contribution in [-0.4, -0.2) is 59.2 Å². The van der Waals surface area contributed by atoms with Gasteiger partial charge in [-0.05, 0) is 47.6 Å². The van der Waals surface area contributed by atoms with E-state index in [2.05, 4.69) is 11.4 Å². The van der Waals surface area contributed by atoms with Crippen molar-refractivity contribution in [1.29, 1.82) is 5.26 Å². The summed E-state index contributed by atoms with van der Waals surface area (Å²) in [6.45, 7) is 5.96. The van der Waals surface area contributed by atoms with E-state index in [1.165, 1.54) is 21.9 Å². The zero-order valence-electron chi connectivity index (χ0n) is 22.2. The Hall–Kier alpha value is -3.77. The predicted octanol–water partition coefficient (Wildman–Crippen LogP) is 2.97. The highest BCUT2D eigenvalue weighted by atomic mass is 19.1. The van der Waals surface area contributed by atoms with E-state index >= 15 is 0 Å². The van der Waals surface area contributed by atoms with E-state index in [1.54, 1.807) is 19.2 Å². The highest BCUT2D eigenvalue weighted by molar-refractivity contribution is 6.07. The van der Waals surface area contributed by atoms with Crippen LogP contribution in [0.5, 0.6) is 0 Å². The van der Waals surface area contributed by atoms with Gasteiger partial charge in [0.2, 0.25) is 17.7 Å². The van der Waals surface area contributed by atoms with Gasteiger partial charge in [-0.25, -0.2) is 4.39 Å². The SMILES string of the molecule is CN(C(=O)C(N)Cc1ccc(F)cc1)[C@@H](CC(C)(C)C)C(=O)N1C[C@]2(C[C@H]1C#N)C(=O)Nc1ccccc12. The second-order valence-corrected chi connectivity index (χ2v) is 11.6. The normalized spacial score (nSPS) is 22.0. The third kappa shape index (κ3) is 5.14. The highest BCUT2D eigenvalue weighted by Gasteiger charge is 2.56. The minimum atomic E-state index is -1.01. The molecule has 0 aromatic heterocycles. The molecule has 2 aromatic rings. The standard InChI is InChI=1S/C29H34FN5O3/c1-28(2,3)15-24(34(4)25(36)22(32)13-18-9-11-19(30)12-10-18)26(37)35-17-29(14-20(35)16-31)21-7-5-6-8-23(21)33-27(29)38/h5-12,20,22,24H,13-15,17,32H2,1-4H3,(H,33,38)/t20-,22?,24-,29-/m0/s1. The fraction of sp³-hybridized carbons (Fsp3) is 0.448. The topological polar surface area (TPSA) is 120 Å². The van der Waals surface area contributed by atoms with Crippen molar-refractivity contribution in [2.45, 2.75) is 63.6 Å². The smallest absolute Gasteiger partial charge is 0.246 e. The van der Waals surface area contributed by atoms with Crippen LogP contribution in [0.1, 0.15) is 44.7 Å². The van der Waals surface area contributed by atoms with E-state index < -0.39 is 29.4 Å². The molecule has 2 aliphatic rings. The number of likely N-dealkylation sites (N-methyl/N-ethyl adjacent to an activating group) is 1. The van der Waals surface area contributed by atoms with Crippen LogP contribution in [-0.2, 0) is 26.2 Å². The van der Waals surface area contributed by atoms with Gasteiger partial charge in [0, 0.05) is 25.7 Å². The summed E-state index contributed by atoms with van der Waals surface area (Å²) in [6, 6.07) is 12.7. The Morgan fingerprint density at radius 2 is 1.89 bits per heavy atom. The summed E-state index contributed by atoms with van der Waals surface area (Å²) < 4.78 is 13.3. The number of hydrogen-bond donors (Lipinski definition) is 2. The number of nitrogens with zero attached hydrogens (tertiary/aromatic N) is 3. The van der Waals surface area contributed by atoms with Crippen molar-refractivity contribution >= 4 is 23.4 Å². The first-order valence-electron chi connectivity index (χ1n) is 12.7. The number of carbonyl (C=O) groups excluding carboxylic acids is 3. The number of nitriles is 1. The summed E-state index contributed by atoms with van der Waals surface area (Å²) >= 11 is 0. The van der Waals surface area contributed by atoms with Crippen molar-refractivity contribution < 1.29 is 18.8 Å². The van der Waals surface area contributed by atoms with Gasteiger partial charge in [-0.3, -0.25) is 14.4 Å². The molecule has 0 bridgehead atoms. The third-order valence-corrected chi connectivity index (χ3v) is 7.51. The number of nitrogens with two attached hydrogens (primary N) is 1. The molecule has 4 atom stereocenters. The van der Waals surface area contributed by atoms with Crippen molar-refractivity contribution in [1.82, 2.24) is 9.80 Å². The Balaban J connectivity index is 1.60. The zero-order valence-corrected chi connectivity index (χ0v) is 22.2. The lowest BCUT2D eigenvalue weighted by atomic mass is 9.80. The Bertz CT molecular complexity index is 1280. The molecule has 1 fully saturated rings. The third-order valence-electron chi connectivity index (χ3n) is 7.51. The largest absolute Gasteiger partial charge is 0.332 e. The van der Waals surface area contributed by atoms with Crippen LogP contribution in [0.4, 0.5) is 10.1 Å². The maximum absolute atomic E-state index is 14.1. The predicted molar refractivity (Wildman–Crippen MR) is 141 cm³/mol. The maximum Gasteiger partial charge on any atom is 0.246 e. The molecule has 0 aliphatic carbocycles. The number of carbonyl (C=O) groups is 3. The lowest BCUT2D eigenvalue weighted by Crippen LogP contribution is -2.55. The fourth-order valence-corrected chi connectivity index (χ4v) is 5.52. The summed E-state index contributed by atoms with van der Waals surface area (Å²) in [4.78, 5) is 43.4. The van der Waals surface area contributed by atoms with Crippen LogP contribution < -0.4 is 11.1 Å². The second-order valence-electron chi connectivity index (χ2n) is 11.6. The molecular weight excluding hydrogens is 485 g/mol. The molecule has 4 rings (SSSR count). The molecule has 2 heterocycles. The maximum atomic E-state index is 14.1. The number of likely N-dealkylation sites (tertiary alicyclic amines) is 1. The van der Waals surface area contributed by atoms with Crippen molar-refractivity contribution in [2.24, 2.45) is 11.1 Å². The molecule has 3 N–H and O–H groups in total. The fourth-order valence-electron chi connectivity index (χ4n) is 5.52. The Kier molecular flexibility index (Phi) is 7.31. The average molecular weight is 520 g/mol. The first-order chi connectivity index (χ1) is 17.9. The first-order valence-corrected chi connectivity index (χ1v) is 12.7. The minimum Gasteiger partial charge on any atom is -0.332 e. The van der Waals surface area contributed by atoms with Crippen LogP contribution in [0.3, 0.4) is 0 Å². The van der Waals surface area contributed by atoms with E-state index in [0.717, 1.165) is 5.56 Å². The van der Waals surface area contributed by atoms with Crippen molar-refractivity contribution in [3.8, 4) is 6.07 Å². The first kappa shape index (κ1) is 27.3. The number of amides is 3. The van der Waals surface area contributed by atoms with Gasteiger partial charge in [0.15, 0.2) is 0 Å². The second kappa shape index (κ2) is 10.2. The number of benzene rings is 2. The van der Waals surface area contributed by atoms with Gasteiger partial charge in [-0.1, -0.05) is 51.1 Å². The summed E-state index contributed by atoms with van der Waals surface area (Å²) in [5, 5.41) is 12.9. The summed E-state index contributed by atoms with van der Waals surface area (Å²) in [6.07, 6.45) is 0.703. The highest BCUT2D eigenvalue weighted by Crippen LogP contribution is 2.46. The summed E-state index contributed by atoms with van der Waals surface area (Å²) in [5.41, 5.74) is 7.08. The van der Waals surface area contributed by atoms with Gasteiger partial charge < -0.3 is 20.9 Å². The summed E-state index contributed by atoms with van der Waals surface area (Å²) in [7, 11) is 1.55. The van der Waals surface area contributed by atoms with Crippen molar-refractivity contribution in [3.05, 3.63) is 65.5 Å². The Morgan fingerprint density at radius 3 is 2.53 bits per heavy atom. The van der Waals surface area contributed by atoms with Crippen LogP contribution >= 0.6 is 0 Å². The molecule has 8 nitrogen and oxygen atoms in total. The van der Waals surface area contributed by atoms with Gasteiger partial charge in [-0.2, -0.15) is 5.26 Å². The number of fused-ring (bicyclic) bond motifs is 2. The van der Waals surface area contributed by atoms with E-state index in [9.17, 15) is 24.0 Å². The van der Waals surface area contributed by atoms with E-state index in [-0.39, 0.29) is 42.4 Å². The van der Waals surface area contributed by atoms with Gasteiger partial charge in [0.1, 0.15) is 17.9 Å². The lowest BCUT2D eigenvalue weighted by molar-refractivity contribution is -0.146. The molecule has 0 radical (unpaired) electrons. The lowest BCUT2D eigenvalue weighted by Gasteiger charge is -2.36. The molecule has 38 heavy (non-hydrogen) atoms. The average Bonchev–Trinajstić information content (AvgIpc) is 3.40. The molecule has 9 heteroatoms. The summed E-state index contributed by atoms with van der Waals surface area (Å²) in [5.74, 6) is -1.42. The number of halogens is 1. The van der Waals surface area contributed by atoms with Crippen LogP contribution in [0.2, 0.25) is 0 Å². The number of para-hydroxylation sites is 1. The Morgan fingerprint density at radius 1 is 1.24 bits per heavy atom. The molecule has 0 saturated carbocycles. The number of nitrogens with one attached hydrogen (secondary N) is 1. The van der Waals surface area contributed by atoms with Crippen molar-refractivity contribution in [3.63, 3.8) is 0 Å². The van der Waals surface area contributed by atoms with E-state index in [0.29, 0.717) is 17.7 Å². The molecule has 1 spiro atoms. The quantitative estimate of drug-likeness (QED) is 0.608. The number of rotatable bonds is 6. The zero-order chi connectivity index (χ0) is 27.8. The van der Waals surface area contributed by atoms with Gasteiger partial charge in [-0.15, -0.1) is 0 Å². The van der Waals surface area contributed by atoms with E-state index in [1.807, 2.05) is 45.0 Å². The van der Waals surface area contributed by atoms with Crippen LogP contribution in [0.25, 0.3) is 0 Å². The van der Waals surface area contributed by atoms with Gasteiger partial charge >= 0.3 is 0 Å². The molecule has 1 saturated heterocycles. The monoisotopic (exact) mass is 519 g/mol. The molecule has 2 aromatic carbocycles. The van der Waals surface area contributed by atoms with Crippen LogP contribution in [0, 0.1) is 22.6 Å². The number of hydrogen-bond acceptors (Lipinski definition) is 5. The molecular formula is C29H34FN5O3. The number of anilines is 1. The molecule has 200 valence electrons. The van der Waals surface area contributed by atoms with Crippen molar-refractivity contribution in [2.75, 3.05) is 18.9 Å². The van der Waals surface area contributed by atoms with Gasteiger partial charge in [0.05, 0.1) is 17.5 Å². The minimum absolute atomic E-state index is 0.0528. The molecule has 1 unspecified atom stereocenters.